The summed E-state index contributed by atoms with van der Waals surface area (Å²) in [5, 5.41) is 12.2. The molecule has 1 aromatic rings. The van der Waals surface area contributed by atoms with Crippen LogP contribution in [0.4, 0.5) is 5.82 Å². The Morgan fingerprint density at radius 3 is 2.89 bits per heavy atom. The van der Waals surface area contributed by atoms with Crippen molar-refractivity contribution in [1.82, 2.24) is 9.88 Å². The number of aromatic nitrogens is 1. The first-order valence-electron chi connectivity index (χ1n) is 6.73. The van der Waals surface area contributed by atoms with E-state index >= 15 is 0 Å². The maximum absolute atomic E-state index is 10.8. The average Bonchev–Trinajstić information content (AvgIpc) is 2.30. The van der Waals surface area contributed by atoms with Gasteiger partial charge in [-0.15, -0.1) is 0 Å². The molecule has 1 saturated carbocycles. The van der Waals surface area contributed by atoms with Crippen molar-refractivity contribution in [3.63, 3.8) is 0 Å². The fourth-order valence-corrected chi connectivity index (χ4v) is 2.50. The lowest BCUT2D eigenvalue weighted by molar-refractivity contribution is -0.139. The molecule has 0 atom stereocenters. The van der Waals surface area contributed by atoms with Crippen LogP contribution in [0.1, 0.15) is 25.3 Å². The molecule has 0 bridgehead atoms. The lowest BCUT2D eigenvalue weighted by Crippen LogP contribution is -2.51. The summed E-state index contributed by atoms with van der Waals surface area (Å²) in [6.45, 7) is 4.97. The van der Waals surface area contributed by atoms with Gasteiger partial charge in [0.2, 0.25) is 0 Å². The number of rotatable bonds is 6. The van der Waals surface area contributed by atoms with E-state index in [1.807, 2.05) is 30.9 Å². The Morgan fingerprint density at radius 2 is 2.32 bits per heavy atom. The summed E-state index contributed by atoms with van der Waals surface area (Å²) >= 11 is 0. The van der Waals surface area contributed by atoms with Crippen molar-refractivity contribution >= 4 is 11.8 Å². The minimum atomic E-state index is -0.751. The van der Waals surface area contributed by atoms with Gasteiger partial charge in [0.15, 0.2) is 0 Å². The Morgan fingerprint density at radius 1 is 1.58 bits per heavy atom. The number of nitrogens with zero attached hydrogens (tertiary/aromatic N) is 2. The standard InChI is InChI=1S/C14H21N3O2/c1-3-17(9-14(18)19)12-7-11(8-12)16-13-6-10(2)4-5-15-13/h4-6,11-12H,3,7-9H2,1-2H3,(H,15,16)(H,18,19). The molecule has 0 spiro atoms. The molecule has 2 N–H and O–H groups in total. The smallest absolute Gasteiger partial charge is 0.317 e. The van der Waals surface area contributed by atoms with E-state index in [9.17, 15) is 4.79 Å². The number of hydrogen-bond acceptors (Lipinski definition) is 4. The molecule has 1 heterocycles. The van der Waals surface area contributed by atoms with Gasteiger partial charge in [0.1, 0.15) is 5.82 Å². The largest absolute Gasteiger partial charge is 0.480 e. The molecule has 19 heavy (non-hydrogen) atoms. The molecule has 0 unspecified atom stereocenters. The summed E-state index contributed by atoms with van der Waals surface area (Å²) in [6.07, 6.45) is 3.77. The Bertz CT molecular complexity index is 444. The molecule has 0 radical (unpaired) electrons. The molecule has 2 rings (SSSR count). The van der Waals surface area contributed by atoms with Crippen molar-refractivity contribution in [3.05, 3.63) is 23.9 Å². The van der Waals surface area contributed by atoms with E-state index in [4.69, 9.17) is 5.11 Å². The van der Waals surface area contributed by atoms with Gasteiger partial charge in [-0.2, -0.15) is 0 Å². The fourth-order valence-electron chi connectivity index (χ4n) is 2.50. The Labute approximate surface area is 113 Å². The van der Waals surface area contributed by atoms with E-state index in [-0.39, 0.29) is 6.54 Å². The maximum Gasteiger partial charge on any atom is 0.317 e. The molecular weight excluding hydrogens is 242 g/mol. The van der Waals surface area contributed by atoms with Crippen LogP contribution in [0, 0.1) is 6.92 Å². The Hall–Kier alpha value is -1.62. The fraction of sp³-hybridized carbons (Fsp3) is 0.571. The van der Waals surface area contributed by atoms with Crippen LogP contribution in [0.15, 0.2) is 18.3 Å². The molecule has 0 amide bonds. The zero-order valence-corrected chi connectivity index (χ0v) is 11.5. The summed E-state index contributed by atoms with van der Waals surface area (Å²) in [5.41, 5.74) is 1.19. The predicted molar refractivity (Wildman–Crippen MR) is 74.3 cm³/mol. The number of carboxylic acid groups (broad SMARTS) is 1. The minimum absolute atomic E-state index is 0.135. The van der Waals surface area contributed by atoms with Crippen molar-refractivity contribution in [1.29, 1.82) is 0 Å². The van der Waals surface area contributed by atoms with Crippen LogP contribution in [0.25, 0.3) is 0 Å². The highest BCUT2D eigenvalue weighted by Gasteiger charge is 2.33. The maximum atomic E-state index is 10.8. The number of anilines is 1. The molecule has 104 valence electrons. The molecular formula is C14H21N3O2. The first-order valence-corrected chi connectivity index (χ1v) is 6.73. The third-order valence-electron chi connectivity index (χ3n) is 3.64. The van der Waals surface area contributed by atoms with Gasteiger partial charge in [0.05, 0.1) is 6.54 Å². The molecule has 0 aliphatic heterocycles. The topological polar surface area (TPSA) is 65.5 Å². The number of carbonyl (C=O) groups is 1. The second-order valence-electron chi connectivity index (χ2n) is 5.14. The third kappa shape index (κ3) is 3.67. The third-order valence-corrected chi connectivity index (χ3v) is 3.64. The Kier molecular flexibility index (Phi) is 4.37. The minimum Gasteiger partial charge on any atom is -0.480 e. The predicted octanol–water partition coefficient (Wildman–Crippen LogP) is 1.74. The van der Waals surface area contributed by atoms with Crippen molar-refractivity contribution in [2.45, 2.75) is 38.8 Å². The monoisotopic (exact) mass is 263 g/mol. The number of aliphatic carboxylic acids is 1. The Balaban J connectivity index is 1.81. The highest BCUT2D eigenvalue weighted by molar-refractivity contribution is 5.69. The summed E-state index contributed by atoms with van der Waals surface area (Å²) in [5.74, 6) is 0.156. The van der Waals surface area contributed by atoms with E-state index in [0.717, 1.165) is 25.2 Å². The van der Waals surface area contributed by atoms with Crippen LogP contribution >= 0.6 is 0 Å². The molecule has 1 fully saturated rings. The second-order valence-corrected chi connectivity index (χ2v) is 5.14. The number of nitrogens with one attached hydrogen (secondary N) is 1. The van der Waals surface area contributed by atoms with Gasteiger partial charge in [-0.1, -0.05) is 6.92 Å². The summed E-state index contributed by atoms with van der Waals surface area (Å²) in [7, 11) is 0. The van der Waals surface area contributed by atoms with Gasteiger partial charge in [0.25, 0.3) is 0 Å². The van der Waals surface area contributed by atoms with Crippen LogP contribution in [-0.4, -0.2) is 46.1 Å². The van der Waals surface area contributed by atoms with Crippen LogP contribution < -0.4 is 5.32 Å². The van der Waals surface area contributed by atoms with Gasteiger partial charge in [0, 0.05) is 18.3 Å². The van der Waals surface area contributed by atoms with Crippen LogP contribution in [0.3, 0.4) is 0 Å². The van der Waals surface area contributed by atoms with E-state index in [2.05, 4.69) is 10.3 Å². The van der Waals surface area contributed by atoms with Crippen molar-refractivity contribution < 1.29 is 9.90 Å². The van der Waals surface area contributed by atoms with Crippen molar-refractivity contribution in [3.8, 4) is 0 Å². The first-order chi connectivity index (χ1) is 9.08. The number of aryl methyl sites for hydroxylation is 1. The normalized spacial score (nSPS) is 22.1. The quantitative estimate of drug-likeness (QED) is 0.818. The average molecular weight is 263 g/mol. The number of pyridine rings is 1. The van der Waals surface area contributed by atoms with Crippen LogP contribution in [0.5, 0.6) is 0 Å². The van der Waals surface area contributed by atoms with Gasteiger partial charge in [-0.3, -0.25) is 9.69 Å². The van der Waals surface area contributed by atoms with Gasteiger partial charge < -0.3 is 10.4 Å². The SMILES string of the molecule is CCN(CC(=O)O)C1CC(Nc2cc(C)ccn2)C1. The van der Waals surface area contributed by atoms with Gasteiger partial charge in [-0.25, -0.2) is 4.98 Å². The van der Waals surface area contributed by atoms with Crippen LogP contribution in [0.2, 0.25) is 0 Å². The summed E-state index contributed by atoms with van der Waals surface area (Å²) in [6, 6.07) is 4.79. The first kappa shape index (κ1) is 13.8. The molecule has 1 aliphatic carbocycles. The van der Waals surface area contributed by atoms with Gasteiger partial charge >= 0.3 is 5.97 Å². The molecule has 0 saturated heterocycles. The molecule has 1 aliphatic rings. The summed E-state index contributed by atoms with van der Waals surface area (Å²) < 4.78 is 0. The molecule has 1 aromatic heterocycles. The summed E-state index contributed by atoms with van der Waals surface area (Å²) in [4.78, 5) is 17.1. The lowest BCUT2D eigenvalue weighted by Gasteiger charge is -2.42. The molecule has 0 aromatic carbocycles. The number of likely N-dealkylation sites (N-methyl/N-ethyl adjacent to an activating group) is 1. The number of carboxylic acids is 1. The van der Waals surface area contributed by atoms with E-state index in [1.165, 1.54) is 5.56 Å². The zero-order chi connectivity index (χ0) is 13.8. The number of hydrogen-bond donors (Lipinski definition) is 2. The highest BCUT2D eigenvalue weighted by Crippen LogP contribution is 2.28. The second kappa shape index (κ2) is 6.02. The lowest BCUT2D eigenvalue weighted by atomic mass is 9.85. The van der Waals surface area contributed by atoms with Crippen molar-refractivity contribution in [2.24, 2.45) is 0 Å². The van der Waals surface area contributed by atoms with Crippen LogP contribution in [-0.2, 0) is 4.79 Å². The van der Waals surface area contributed by atoms with Gasteiger partial charge in [-0.05, 0) is 44.0 Å². The van der Waals surface area contributed by atoms with E-state index in [0.29, 0.717) is 12.1 Å². The van der Waals surface area contributed by atoms with E-state index in [1.54, 1.807) is 6.20 Å². The molecule has 5 heteroatoms. The van der Waals surface area contributed by atoms with Crippen molar-refractivity contribution in [2.75, 3.05) is 18.4 Å². The highest BCUT2D eigenvalue weighted by atomic mass is 16.4. The van der Waals surface area contributed by atoms with E-state index < -0.39 is 5.97 Å². The zero-order valence-electron chi connectivity index (χ0n) is 11.5. The molecule has 5 nitrogen and oxygen atoms in total.